The molecule has 0 heterocycles. The zero-order chi connectivity index (χ0) is 30.8. The molecule has 2 aliphatic rings. The highest BCUT2D eigenvalue weighted by Gasteiger charge is 2.45. The third kappa shape index (κ3) is 5.55. The van der Waals surface area contributed by atoms with Gasteiger partial charge in [0, 0.05) is 5.92 Å². The Bertz CT molecular complexity index is 2020. The van der Waals surface area contributed by atoms with Crippen LogP contribution in [0.2, 0.25) is 0 Å². The van der Waals surface area contributed by atoms with Gasteiger partial charge in [-0.15, -0.1) is 0 Å². The molecular weight excluding hydrogens is 540 g/mol. The van der Waals surface area contributed by atoms with Crippen molar-refractivity contribution in [2.24, 2.45) is 5.92 Å². The van der Waals surface area contributed by atoms with Gasteiger partial charge in [0.15, 0.2) is 0 Å². The molecule has 2 aliphatic carbocycles. The van der Waals surface area contributed by atoms with E-state index in [0.29, 0.717) is 11.8 Å². The van der Waals surface area contributed by atoms with Crippen LogP contribution in [0.4, 0.5) is 0 Å². The summed E-state index contributed by atoms with van der Waals surface area (Å²) in [6.45, 7) is 6.73. The van der Waals surface area contributed by atoms with E-state index in [1.54, 1.807) is 11.1 Å². The molecule has 0 bridgehead atoms. The first-order chi connectivity index (χ1) is 22.2. The monoisotopic (exact) mass is 582 g/mol. The van der Waals surface area contributed by atoms with Crippen molar-refractivity contribution in [2.75, 3.05) is 0 Å². The number of hydrogen-bond donors (Lipinski definition) is 0. The van der Waals surface area contributed by atoms with Gasteiger partial charge in [-0.1, -0.05) is 160 Å². The highest BCUT2D eigenvalue weighted by atomic mass is 14.5. The predicted octanol–water partition coefficient (Wildman–Crippen LogP) is 10.6. The van der Waals surface area contributed by atoms with Crippen molar-refractivity contribution in [1.82, 2.24) is 0 Å². The second kappa shape index (κ2) is 12.7. The van der Waals surface area contributed by atoms with Crippen LogP contribution in [0.1, 0.15) is 74.1 Å². The van der Waals surface area contributed by atoms with Crippen LogP contribution in [0.3, 0.4) is 0 Å². The maximum Gasteiger partial charge on any atom is 0.000500 e. The quantitative estimate of drug-likeness (QED) is 0.160. The lowest BCUT2D eigenvalue weighted by atomic mass is 9.82. The Labute approximate surface area is 268 Å². The second-order valence-electron chi connectivity index (χ2n) is 12.6. The minimum atomic E-state index is 0.206. The van der Waals surface area contributed by atoms with Gasteiger partial charge in [-0.3, -0.25) is 0 Å². The zero-order valence-electron chi connectivity index (χ0n) is 26.7. The average molecular weight is 583 g/mol. The maximum absolute atomic E-state index is 2.51. The fraction of sp³-hybridized carbons (Fsp3) is 0.200. The lowest BCUT2D eigenvalue weighted by Gasteiger charge is -2.21. The van der Waals surface area contributed by atoms with Crippen molar-refractivity contribution in [1.29, 1.82) is 0 Å². The van der Waals surface area contributed by atoms with Crippen LogP contribution in [0.15, 0.2) is 146 Å². The topological polar surface area (TPSA) is 0 Å². The van der Waals surface area contributed by atoms with Crippen molar-refractivity contribution < 1.29 is 0 Å². The van der Waals surface area contributed by atoms with Gasteiger partial charge in [-0.2, -0.15) is 0 Å². The third-order valence-electron chi connectivity index (χ3n) is 9.75. The van der Waals surface area contributed by atoms with Crippen LogP contribution in [0.25, 0.3) is 33.4 Å². The Hall–Kier alpha value is -4.68. The van der Waals surface area contributed by atoms with Gasteiger partial charge in [-0.05, 0) is 104 Å². The van der Waals surface area contributed by atoms with Crippen LogP contribution in [-0.4, -0.2) is 0 Å². The van der Waals surface area contributed by atoms with Crippen molar-refractivity contribution >= 4 is 11.1 Å². The van der Waals surface area contributed by atoms with Crippen LogP contribution < -0.4 is 10.4 Å². The maximum atomic E-state index is 2.51. The predicted molar refractivity (Wildman–Crippen MR) is 193 cm³/mol. The van der Waals surface area contributed by atoms with E-state index in [9.17, 15) is 0 Å². The van der Waals surface area contributed by atoms with E-state index in [1.165, 1.54) is 61.4 Å². The molecule has 3 unspecified atom stereocenters. The molecule has 0 aliphatic heterocycles. The van der Waals surface area contributed by atoms with Crippen molar-refractivity contribution in [3.63, 3.8) is 0 Å². The second-order valence-corrected chi connectivity index (χ2v) is 12.6. The number of hydrogen-bond acceptors (Lipinski definition) is 0. The summed E-state index contributed by atoms with van der Waals surface area (Å²) in [6, 6.07) is 45.4. The molecule has 5 aromatic rings. The van der Waals surface area contributed by atoms with E-state index in [4.69, 9.17) is 0 Å². The van der Waals surface area contributed by atoms with Gasteiger partial charge in [0.2, 0.25) is 0 Å². The van der Waals surface area contributed by atoms with Gasteiger partial charge in [0.1, 0.15) is 0 Å². The van der Waals surface area contributed by atoms with E-state index in [0.717, 1.165) is 12.8 Å². The average Bonchev–Trinajstić information content (AvgIpc) is 3.90. The minimum absolute atomic E-state index is 0.206. The summed E-state index contributed by atoms with van der Waals surface area (Å²) in [4.78, 5) is 0. The summed E-state index contributed by atoms with van der Waals surface area (Å²) in [5.74, 6) is 1.60. The van der Waals surface area contributed by atoms with Crippen molar-refractivity contribution in [2.45, 2.75) is 51.9 Å². The molecule has 3 atom stereocenters. The summed E-state index contributed by atoms with van der Waals surface area (Å²) in [7, 11) is 0. The fourth-order valence-corrected chi connectivity index (χ4v) is 7.58. The first-order valence-electron chi connectivity index (χ1n) is 16.7. The molecule has 0 aromatic heterocycles. The summed E-state index contributed by atoms with van der Waals surface area (Å²) in [5, 5.41) is 2.67. The normalized spacial score (nSPS) is 18.6. The van der Waals surface area contributed by atoms with E-state index in [-0.39, 0.29) is 5.92 Å². The Kier molecular flexibility index (Phi) is 8.23. The molecule has 0 spiro atoms. The van der Waals surface area contributed by atoms with Crippen LogP contribution in [-0.2, 0) is 0 Å². The van der Waals surface area contributed by atoms with Gasteiger partial charge >= 0.3 is 0 Å². The number of rotatable bonds is 8. The zero-order valence-corrected chi connectivity index (χ0v) is 26.7. The standard InChI is InChI=1S/C45H42/c1-4-6-8-18-31(3)45(40-25-15-11-21-35(40)32-19-9-7-10-20-32)41-26-16-14-22-36(41)34(17-5-2)33-27-28-39-42(29-33)37-23-12-13-24-38(37)43-30-44(39)43/h4,6-16,18-29,31,43-44H,5,17,30H2,1-3H3/b6-4-,18-8-,36-34+,45-41+. The lowest BCUT2D eigenvalue weighted by Crippen LogP contribution is -2.31. The highest BCUT2D eigenvalue weighted by molar-refractivity contribution is 5.84. The highest BCUT2D eigenvalue weighted by Crippen LogP contribution is 2.62. The summed E-state index contributed by atoms with van der Waals surface area (Å²) < 4.78 is 0. The molecule has 0 radical (unpaired) electrons. The van der Waals surface area contributed by atoms with Crippen molar-refractivity contribution in [3.8, 4) is 22.3 Å². The molecule has 1 saturated carbocycles. The number of allylic oxidation sites excluding steroid dienone is 4. The molecule has 45 heavy (non-hydrogen) atoms. The Morgan fingerprint density at radius 1 is 0.689 bits per heavy atom. The lowest BCUT2D eigenvalue weighted by molar-refractivity contribution is 0.949. The number of fused-ring (bicyclic) bond motifs is 6. The third-order valence-corrected chi connectivity index (χ3v) is 9.75. The van der Waals surface area contributed by atoms with Crippen LogP contribution >= 0.6 is 0 Å². The molecule has 5 aromatic carbocycles. The molecule has 0 N–H and O–H groups in total. The van der Waals surface area contributed by atoms with Gasteiger partial charge in [-0.25, -0.2) is 0 Å². The molecule has 222 valence electrons. The van der Waals surface area contributed by atoms with Gasteiger partial charge < -0.3 is 0 Å². The van der Waals surface area contributed by atoms with Crippen molar-refractivity contribution in [3.05, 3.63) is 178 Å². The Balaban J connectivity index is 1.53. The van der Waals surface area contributed by atoms with E-state index in [1.807, 2.05) is 0 Å². The Morgan fingerprint density at radius 2 is 1.36 bits per heavy atom. The summed E-state index contributed by atoms with van der Waals surface area (Å²) >= 11 is 0. The molecule has 0 heteroatoms. The van der Waals surface area contributed by atoms with Gasteiger partial charge in [0.05, 0.1) is 0 Å². The molecule has 1 fully saturated rings. The SMILES string of the molecule is C/C=C\C=C/C(C)/C(c1ccccc1-c1ccccc1)=c1/cccc/c1=C(/CCC)c1ccc2c(c1)-c1ccccc1C1CC21. The summed E-state index contributed by atoms with van der Waals surface area (Å²) in [6.07, 6.45) is 12.2. The first-order valence-corrected chi connectivity index (χ1v) is 16.7. The largest absolute Gasteiger partial charge is 0.0877 e. The molecule has 0 nitrogen and oxygen atoms in total. The molecule has 0 saturated heterocycles. The van der Waals surface area contributed by atoms with Crippen LogP contribution in [0.5, 0.6) is 0 Å². The van der Waals surface area contributed by atoms with E-state index < -0.39 is 0 Å². The minimum Gasteiger partial charge on any atom is -0.0877 e. The van der Waals surface area contributed by atoms with Gasteiger partial charge in [0.25, 0.3) is 0 Å². The Morgan fingerprint density at radius 3 is 2.13 bits per heavy atom. The van der Waals surface area contributed by atoms with Crippen LogP contribution in [0, 0.1) is 5.92 Å². The molecular formula is C45H42. The smallest absolute Gasteiger partial charge is 0.000500 e. The number of benzene rings is 5. The first kappa shape index (κ1) is 29.1. The molecule has 7 rings (SSSR count). The van der Waals surface area contributed by atoms with E-state index in [2.05, 4.69) is 166 Å². The van der Waals surface area contributed by atoms with E-state index >= 15 is 0 Å². The fourth-order valence-electron chi connectivity index (χ4n) is 7.58. The summed E-state index contributed by atoms with van der Waals surface area (Å²) in [5.41, 5.74) is 13.9. The molecule has 0 amide bonds.